The van der Waals surface area contributed by atoms with Crippen molar-refractivity contribution in [3.05, 3.63) is 71.9 Å². The lowest BCUT2D eigenvalue weighted by atomic mass is 10.0. The average Bonchev–Trinajstić information content (AvgIpc) is 3.37. The zero-order chi connectivity index (χ0) is 22.7. The van der Waals surface area contributed by atoms with Gasteiger partial charge in [0.05, 0.1) is 24.5 Å². The Balaban J connectivity index is 1.77. The lowest BCUT2D eigenvalue weighted by molar-refractivity contribution is -0.119. The van der Waals surface area contributed by atoms with E-state index in [9.17, 15) is 4.79 Å². The highest BCUT2D eigenvalue weighted by molar-refractivity contribution is 7.80. The molecule has 8 nitrogen and oxygen atoms in total. The number of rotatable bonds is 7. The zero-order valence-corrected chi connectivity index (χ0v) is 18.8. The van der Waals surface area contributed by atoms with Gasteiger partial charge in [-0.3, -0.25) is 9.78 Å². The number of nitrogens with zero attached hydrogens (tertiary/aromatic N) is 2. The molecule has 32 heavy (non-hydrogen) atoms. The Labute approximate surface area is 191 Å². The number of pyridine rings is 1. The predicted molar refractivity (Wildman–Crippen MR) is 125 cm³/mol. The van der Waals surface area contributed by atoms with Crippen LogP contribution >= 0.6 is 12.2 Å². The number of benzene rings is 1. The fourth-order valence-corrected chi connectivity index (χ4v) is 4.14. The number of hydrogen-bond donors (Lipinski definition) is 2. The maximum absolute atomic E-state index is 12.1. The normalized spacial score (nSPS) is 17.8. The van der Waals surface area contributed by atoms with Gasteiger partial charge in [0.15, 0.2) is 5.11 Å². The van der Waals surface area contributed by atoms with E-state index < -0.39 is 0 Å². The third-order valence-electron chi connectivity index (χ3n) is 5.16. The van der Waals surface area contributed by atoms with E-state index in [1.165, 1.54) is 7.11 Å². The minimum Gasteiger partial charge on any atom is -0.495 e. The fraction of sp³-hybridized carbons (Fsp3) is 0.261. The summed E-state index contributed by atoms with van der Waals surface area (Å²) in [4.78, 5) is 18.6. The number of furan rings is 1. The Morgan fingerprint density at radius 1 is 1.25 bits per heavy atom. The summed E-state index contributed by atoms with van der Waals surface area (Å²) in [6, 6.07) is 14.7. The second-order valence-corrected chi connectivity index (χ2v) is 7.70. The quantitative estimate of drug-likeness (QED) is 0.524. The van der Waals surface area contributed by atoms with Crippen LogP contribution in [0.4, 0.5) is 11.4 Å². The number of ether oxygens (including phenoxy) is 2. The van der Waals surface area contributed by atoms with E-state index in [0.717, 1.165) is 22.9 Å². The molecular weight excluding hydrogens is 428 g/mol. The fourth-order valence-electron chi connectivity index (χ4n) is 3.80. The number of methoxy groups -OCH3 is 2. The van der Waals surface area contributed by atoms with Crippen LogP contribution in [0.15, 0.2) is 59.1 Å². The molecule has 0 aliphatic carbocycles. The summed E-state index contributed by atoms with van der Waals surface area (Å²) in [6.45, 7) is 1.84. The maximum atomic E-state index is 12.1. The third kappa shape index (κ3) is 4.30. The molecule has 1 aliphatic heterocycles. The highest BCUT2D eigenvalue weighted by Crippen LogP contribution is 2.43. The first-order chi connectivity index (χ1) is 15.5. The zero-order valence-electron chi connectivity index (χ0n) is 18.0. The number of amides is 1. The second-order valence-electron chi connectivity index (χ2n) is 7.31. The van der Waals surface area contributed by atoms with Crippen molar-refractivity contribution in [2.75, 3.05) is 31.0 Å². The summed E-state index contributed by atoms with van der Waals surface area (Å²) >= 11 is 5.72. The van der Waals surface area contributed by atoms with Crippen molar-refractivity contribution in [3.63, 3.8) is 0 Å². The minimum absolute atomic E-state index is 0.0624. The Morgan fingerprint density at radius 2 is 2.09 bits per heavy atom. The number of anilines is 2. The minimum atomic E-state index is -0.283. The molecule has 1 fully saturated rings. The Kier molecular flexibility index (Phi) is 6.38. The number of carbonyl (C=O) groups excluding carboxylic acids is 1. The molecule has 1 aromatic carbocycles. The van der Waals surface area contributed by atoms with Crippen molar-refractivity contribution < 1.29 is 18.7 Å². The molecule has 0 bridgehead atoms. The van der Waals surface area contributed by atoms with E-state index in [-0.39, 0.29) is 24.6 Å². The van der Waals surface area contributed by atoms with E-state index in [0.29, 0.717) is 16.5 Å². The van der Waals surface area contributed by atoms with Crippen molar-refractivity contribution in [3.8, 4) is 5.75 Å². The molecule has 2 atom stereocenters. The number of carbonyl (C=O) groups is 1. The molecule has 0 radical (unpaired) electrons. The smallest absolute Gasteiger partial charge is 0.250 e. The van der Waals surface area contributed by atoms with Gasteiger partial charge in [-0.15, -0.1) is 0 Å². The summed E-state index contributed by atoms with van der Waals surface area (Å²) in [6.07, 6.45) is 1.75. The highest BCUT2D eigenvalue weighted by Gasteiger charge is 2.42. The first kappa shape index (κ1) is 21.8. The van der Waals surface area contributed by atoms with Crippen LogP contribution in [0.2, 0.25) is 0 Å². The Hall–Kier alpha value is -3.43. The van der Waals surface area contributed by atoms with Gasteiger partial charge in [-0.2, -0.15) is 0 Å². The molecule has 2 aromatic heterocycles. The van der Waals surface area contributed by atoms with Crippen molar-refractivity contribution in [2.45, 2.75) is 19.0 Å². The Bertz CT molecular complexity index is 1120. The molecule has 166 valence electrons. The van der Waals surface area contributed by atoms with Crippen LogP contribution in [0.1, 0.15) is 29.3 Å². The molecule has 2 N–H and O–H groups in total. The molecule has 3 heterocycles. The van der Waals surface area contributed by atoms with E-state index in [1.54, 1.807) is 19.4 Å². The van der Waals surface area contributed by atoms with Crippen LogP contribution in [0.3, 0.4) is 0 Å². The highest BCUT2D eigenvalue weighted by atomic mass is 32.1. The summed E-state index contributed by atoms with van der Waals surface area (Å²) < 4.78 is 16.4. The van der Waals surface area contributed by atoms with Gasteiger partial charge in [-0.05, 0) is 61.6 Å². The molecule has 1 saturated heterocycles. The van der Waals surface area contributed by atoms with Gasteiger partial charge in [0.25, 0.3) is 0 Å². The van der Waals surface area contributed by atoms with Crippen LogP contribution in [0.5, 0.6) is 5.75 Å². The number of nitrogens with one attached hydrogen (secondary N) is 2. The molecule has 4 rings (SSSR count). The number of aromatic nitrogens is 1. The van der Waals surface area contributed by atoms with Crippen LogP contribution in [0, 0.1) is 6.92 Å². The molecule has 0 saturated carbocycles. The molecule has 0 spiro atoms. The van der Waals surface area contributed by atoms with Crippen LogP contribution < -0.4 is 20.3 Å². The molecule has 2 unspecified atom stereocenters. The monoisotopic (exact) mass is 452 g/mol. The number of thiocarbonyl (C=S) groups is 1. The average molecular weight is 453 g/mol. The molecule has 1 amide bonds. The van der Waals surface area contributed by atoms with Gasteiger partial charge < -0.3 is 29.4 Å². The second kappa shape index (κ2) is 9.37. The number of hydrogen-bond acceptors (Lipinski definition) is 6. The van der Waals surface area contributed by atoms with Gasteiger partial charge in [-0.25, -0.2) is 0 Å². The maximum Gasteiger partial charge on any atom is 0.250 e. The van der Waals surface area contributed by atoms with E-state index in [2.05, 4.69) is 15.6 Å². The summed E-state index contributed by atoms with van der Waals surface area (Å²) in [5.74, 6) is 1.81. The summed E-state index contributed by atoms with van der Waals surface area (Å²) in [7, 11) is 3.02. The predicted octanol–water partition coefficient (Wildman–Crippen LogP) is 3.75. The van der Waals surface area contributed by atoms with E-state index in [4.69, 9.17) is 26.1 Å². The van der Waals surface area contributed by atoms with Gasteiger partial charge in [0, 0.05) is 19.0 Å². The first-order valence-corrected chi connectivity index (χ1v) is 10.5. The van der Waals surface area contributed by atoms with Crippen LogP contribution in [-0.4, -0.2) is 36.8 Å². The lowest BCUT2D eigenvalue weighted by Crippen LogP contribution is -2.29. The van der Waals surface area contributed by atoms with Gasteiger partial charge >= 0.3 is 0 Å². The van der Waals surface area contributed by atoms with Crippen molar-refractivity contribution >= 4 is 34.6 Å². The summed E-state index contributed by atoms with van der Waals surface area (Å²) in [5, 5.41) is 6.74. The van der Waals surface area contributed by atoms with Crippen molar-refractivity contribution in [1.29, 1.82) is 0 Å². The van der Waals surface area contributed by atoms with Gasteiger partial charge in [0.2, 0.25) is 5.91 Å². The van der Waals surface area contributed by atoms with Crippen LogP contribution in [-0.2, 0) is 9.53 Å². The van der Waals surface area contributed by atoms with Crippen molar-refractivity contribution in [2.24, 2.45) is 0 Å². The van der Waals surface area contributed by atoms with Crippen LogP contribution in [0.25, 0.3) is 0 Å². The third-order valence-corrected chi connectivity index (χ3v) is 5.48. The first-order valence-electron chi connectivity index (χ1n) is 10.1. The lowest BCUT2D eigenvalue weighted by Gasteiger charge is -2.27. The van der Waals surface area contributed by atoms with E-state index in [1.807, 2.05) is 54.3 Å². The number of aryl methyl sites for hydroxylation is 1. The van der Waals surface area contributed by atoms with Gasteiger partial charge in [0.1, 0.15) is 29.9 Å². The Morgan fingerprint density at radius 3 is 2.75 bits per heavy atom. The molecule has 9 heteroatoms. The SMILES string of the molecule is COCC(=O)Nc1cc(N2C(=S)NC(c3ccccn3)C2c2ccc(C)o2)ccc1OC. The topological polar surface area (TPSA) is 88.9 Å². The van der Waals surface area contributed by atoms with Crippen molar-refractivity contribution in [1.82, 2.24) is 10.3 Å². The molecular formula is C23H24N4O4S. The molecule has 1 aliphatic rings. The molecule has 3 aromatic rings. The standard InChI is InChI=1S/C23H24N4O4S/c1-14-7-9-19(31-14)22-21(16-6-4-5-11-24-16)26-23(32)27(22)15-8-10-18(30-3)17(12-15)25-20(28)13-29-2/h4-12,21-22H,13H2,1-3H3,(H,25,28)(H,26,32). The largest absolute Gasteiger partial charge is 0.495 e. The van der Waals surface area contributed by atoms with E-state index >= 15 is 0 Å². The summed E-state index contributed by atoms with van der Waals surface area (Å²) in [5.41, 5.74) is 2.14. The van der Waals surface area contributed by atoms with Gasteiger partial charge in [-0.1, -0.05) is 6.07 Å².